The van der Waals surface area contributed by atoms with Crippen LogP contribution in [-0.2, 0) is 17.9 Å². The maximum atomic E-state index is 13.1. The summed E-state index contributed by atoms with van der Waals surface area (Å²) in [4.78, 5) is 15.1. The fourth-order valence-corrected chi connectivity index (χ4v) is 4.43. The van der Waals surface area contributed by atoms with Crippen LogP contribution in [0, 0.1) is 0 Å². The smallest absolute Gasteiger partial charge is 0.241 e. The number of hydrogen-bond acceptors (Lipinski definition) is 4. The maximum Gasteiger partial charge on any atom is 0.241 e. The topological polar surface area (TPSA) is 55.7 Å². The molecular formula is C28H33N3O3. The van der Waals surface area contributed by atoms with Crippen LogP contribution in [0.1, 0.15) is 26.3 Å². The van der Waals surface area contributed by atoms with Crippen LogP contribution < -0.4 is 14.8 Å². The first kappa shape index (κ1) is 23.6. The number of rotatable bonds is 9. The molecule has 0 saturated heterocycles. The number of anilines is 1. The fourth-order valence-electron chi connectivity index (χ4n) is 4.43. The van der Waals surface area contributed by atoms with Crippen LogP contribution >= 0.6 is 0 Å². The molecule has 1 aromatic heterocycles. The second kappa shape index (κ2) is 10.2. The van der Waals surface area contributed by atoms with E-state index in [4.69, 9.17) is 9.47 Å². The molecule has 178 valence electrons. The molecule has 4 rings (SSSR count). The van der Waals surface area contributed by atoms with E-state index in [9.17, 15) is 4.79 Å². The van der Waals surface area contributed by atoms with Gasteiger partial charge in [-0.15, -0.1) is 0 Å². The molecule has 3 aromatic carbocycles. The minimum absolute atomic E-state index is 0.0426. The monoisotopic (exact) mass is 459 g/mol. The van der Waals surface area contributed by atoms with Crippen LogP contribution in [0.3, 0.4) is 0 Å². The second-order valence-corrected chi connectivity index (χ2v) is 8.49. The standard InChI is InChI=1S/C28H33N3O3/c1-6-31-24-11-9-8-10-22(24)23-17-21(13-14-25(23)31)29-28(32)19(3)30(4)18-20-12-15-26(34-7-2)27(16-20)33-5/h8-17,19H,6-7,18H2,1-5H3,(H,29,32)/t19-/m0/s1. The molecule has 1 N–H and O–H groups in total. The summed E-state index contributed by atoms with van der Waals surface area (Å²) in [7, 11) is 3.58. The molecular weight excluding hydrogens is 426 g/mol. The lowest BCUT2D eigenvalue weighted by atomic mass is 10.1. The minimum atomic E-state index is -0.315. The normalized spacial score (nSPS) is 12.3. The maximum absolute atomic E-state index is 13.1. The highest BCUT2D eigenvalue weighted by molar-refractivity contribution is 6.10. The molecule has 0 spiro atoms. The van der Waals surface area contributed by atoms with E-state index in [-0.39, 0.29) is 11.9 Å². The summed E-state index contributed by atoms with van der Waals surface area (Å²) in [5.74, 6) is 1.38. The Morgan fingerprint density at radius 1 is 1.00 bits per heavy atom. The third-order valence-corrected chi connectivity index (χ3v) is 6.36. The number of carbonyl (C=O) groups is 1. The molecule has 6 heteroatoms. The van der Waals surface area contributed by atoms with Gasteiger partial charge in [-0.05, 0) is 69.8 Å². The largest absolute Gasteiger partial charge is 0.493 e. The summed E-state index contributed by atoms with van der Waals surface area (Å²) in [6.45, 7) is 8.11. The average Bonchev–Trinajstić information content (AvgIpc) is 3.17. The van der Waals surface area contributed by atoms with E-state index in [2.05, 4.69) is 53.2 Å². The third kappa shape index (κ3) is 4.59. The summed E-state index contributed by atoms with van der Waals surface area (Å²) < 4.78 is 13.4. The number of fused-ring (bicyclic) bond motifs is 3. The first-order chi connectivity index (χ1) is 16.5. The van der Waals surface area contributed by atoms with Crippen molar-refractivity contribution in [3.63, 3.8) is 0 Å². The predicted octanol–water partition coefficient (Wildman–Crippen LogP) is 5.68. The minimum Gasteiger partial charge on any atom is -0.493 e. The molecule has 1 atom stereocenters. The Morgan fingerprint density at radius 3 is 2.50 bits per heavy atom. The number of hydrogen-bond donors (Lipinski definition) is 1. The van der Waals surface area contributed by atoms with Crippen LogP contribution in [0.4, 0.5) is 5.69 Å². The zero-order valence-electron chi connectivity index (χ0n) is 20.6. The molecule has 0 radical (unpaired) electrons. The molecule has 0 aliphatic rings. The lowest BCUT2D eigenvalue weighted by Gasteiger charge is -2.24. The van der Waals surface area contributed by atoms with Crippen molar-refractivity contribution in [2.45, 2.75) is 39.9 Å². The highest BCUT2D eigenvalue weighted by atomic mass is 16.5. The van der Waals surface area contributed by atoms with E-state index in [1.54, 1.807) is 7.11 Å². The van der Waals surface area contributed by atoms with E-state index < -0.39 is 0 Å². The van der Waals surface area contributed by atoms with Gasteiger partial charge in [0, 0.05) is 40.6 Å². The molecule has 34 heavy (non-hydrogen) atoms. The first-order valence-electron chi connectivity index (χ1n) is 11.8. The van der Waals surface area contributed by atoms with Gasteiger partial charge in [-0.25, -0.2) is 0 Å². The molecule has 0 aliphatic carbocycles. The van der Waals surface area contributed by atoms with Gasteiger partial charge in [-0.2, -0.15) is 0 Å². The van der Waals surface area contributed by atoms with Crippen LogP contribution in [0.15, 0.2) is 60.7 Å². The SMILES string of the molecule is CCOc1ccc(CN(C)[C@@H](C)C(=O)Nc2ccc3c(c2)c2ccccc2n3CC)cc1OC. The molecule has 1 amide bonds. The van der Waals surface area contributed by atoms with Gasteiger partial charge >= 0.3 is 0 Å². The van der Waals surface area contributed by atoms with E-state index in [1.807, 2.05) is 50.1 Å². The second-order valence-electron chi connectivity index (χ2n) is 8.49. The number of likely N-dealkylation sites (N-methyl/N-ethyl adjacent to an activating group) is 1. The van der Waals surface area contributed by atoms with Crippen LogP contribution in [0.2, 0.25) is 0 Å². The number of carbonyl (C=O) groups excluding carboxylic acids is 1. The van der Waals surface area contributed by atoms with Crippen molar-refractivity contribution in [2.24, 2.45) is 0 Å². The highest BCUT2D eigenvalue weighted by Gasteiger charge is 2.20. The summed E-state index contributed by atoms with van der Waals surface area (Å²) in [6, 6.07) is 20.1. The number of benzene rings is 3. The van der Waals surface area contributed by atoms with Gasteiger partial charge in [0.2, 0.25) is 5.91 Å². The lowest BCUT2D eigenvalue weighted by molar-refractivity contribution is -0.120. The average molecular weight is 460 g/mol. The van der Waals surface area contributed by atoms with Crippen LogP contribution in [0.5, 0.6) is 11.5 Å². The Morgan fingerprint density at radius 2 is 1.76 bits per heavy atom. The molecule has 0 bridgehead atoms. The zero-order chi connectivity index (χ0) is 24.2. The van der Waals surface area contributed by atoms with E-state index in [0.717, 1.165) is 28.9 Å². The van der Waals surface area contributed by atoms with Gasteiger partial charge in [-0.1, -0.05) is 24.3 Å². The van der Waals surface area contributed by atoms with E-state index in [1.165, 1.54) is 16.4 Å². The van der Waals surface area contributed by atoms with Gasteiger partial charge < -0.3 is 19.4 Å². The Hall–Kier alpha value is -3.51. The van der Waals surface area contributed by atoms with Crippen molar-refractivity contribution in [1.29, 1.82) is 0 Å². The molecule has 6 nitrogen and oxygen atoms in total. The molecule has 1 heterocycles. The number of ether oxygens (including phenoxy) is 2. The number of methoxy groups -OCH3 is 1. The number of nitrogens with one attached hydrogen (secondary N) is 1. The van der Waals surface area contributed by atoms with Crippen LogP contribution in [-0.4, -0.2) is 42.2 Å². The summed E-state index contributed by atoms with van der Waals surface area (Å²) in [5.41, 5.74) is 4.24. The summed E-state index contributed by atoms with van der Waals surface area (Å²) in [6.07, 6.45) is 0. The third-order valence-electron chi connectivity index (χ3n) is 6.36. The number of nitrogens with zero attached hydrogens (tertiary/aromatic N) is 2. The van der Waals surface area contributed by atoms with Crippen molar-refractivity contribution in [1.82, 2.24) is 9.47 Å². The molecule has 0 saturated carbocycles. The molecule has 0 aliphatic heterocycles. The highest BCUT2D eigenvalue weighted by Crippen LogP contribution is 2.31. The summed E-state index contributed by atoms with van der Waals surface area (Å²) in [5, 5.41) is 5.46. The molecule has 0 unspecified atom stereocenters. The quantitative estimate of drug-likeness (QED) is 0.350. The van der Waals surface area contributed by atoms with Crippen LogP contribution in [0.25, 0.3) is 21.8 Å². The Bertz CT molecular complexity index is 1310. The van der Waals surface area contributed by atoms with Gasteiger partial charge in [0.1, 0.15) is 0 Å². The predicted molar refractivity (Wildman–Crippen MR) is 139 cm³/mol. The first-order valence-corrected chi connectivity index (χ1v) is 11.8. The number of aromatic nitrogens is 1. The summed E-state index contributed by atoms with van der Waals surface area (Å²) >= 11 is 0. The van der Waals surface area contributed by atoms with Crippen molar-refractivity contribution < 1.29 is 14.3 Å². The lowest BCUT2D eigenvalue weighted by Crippen LogP contribution is -2.39. The molecule has 4 aromatic rings. The fraction of sp³-hybridized carbons (Fsp3) is 0.321. The van der Waals surface area contributed by atoms with Gasteiger partial charge in [0.25, 0.3) is 0 Å². The van der Waals surface area contributed by atoms with E-state index in [0.29, 0.717) is 18.9 Å². The Balaban J connectivity index is 1.49. The van der Waals surface area contributed by atoms with Gasteiger partial charge in [-0.3, -0.25) is 9.69 Å². The van der Waals surface area contributed by atoms with Crippen molar-refractivity contribution in [3.05, 3.63) is 66.2 Å². The van der Waals surface area contributed by atoms with Gasteiger partial charge in [0.05, 0.1) is 19.8 Å². The zero-order valence-corrected chi connectivity index (χ0v) is 20.6. The van der Waals surface area contributed by atoms with Crippen molar-refractivity contribution in [2.75, 3.05) is 26.1 Å². The van der Waals surface area contributed by atoms with E-state index >= 15 is 0 Å². The number of aryl methyl sites for hydroxylation is 1. The molecule has 0 fully saturated rings. The number of amides is 1. The van der Waals surface area contributed by atoms with Crippen molar-refractivity contribution in [3.8, 4) is 11.5 Å². The Kier molecular flexibility index (Phi) is 7.08. The number of para-hydroxylation sites is 1. The van der Waals surface area contributed by atoms with Crippen molar-refractivity contribution >= 4 is 33.4 Å². The Labute approximate surface area is 201 Å². The van der Waals surface area contributed by atoms with Gasteiger partial charge in [0.15, 0.2) is 11.5 Å².